The van der Waals surface area contributed by atoms with Crippen LogP contribution in [0.2, 0.25) is 0 Å². The molecule has 0 amide bonds. The molecule has 12 rings (SSSR count). The summed E-state index contributed by atoms with van der Waals surface area (Å²) < 4.78 is 1.44. The van der Waals surface area contributed by atoms with Gasteiger partial charge < -0.3 is 14.7 Å². The van der Waals surface area contributed by atoms with Crippen LogP contribution in [-0.4, -0.2) is 6.71 Å². The Morgan fingerprint density at radius 3 is 1.58 bits per heavy atom. The van der Waals surface area contributed by atoms with E-state index in [-0.39, 0.29) is 28.4 Å². The van der Waals surface area contributed by atoms with Crippen molar-refractivity contribution >= 4 is 84.9 Å². The van der Waals surface area contributed by atoms with Crippen molar-refractivity contribution in [2.24, 2.45) is 0 Å². The van der Waals surface area contributed by atoms with Crippen LogP contribution >= 0.6 is 11.3 Å². The average Bonchev–Trinajstić information content (AvgIpc) is 3.81. The lowest BCUT2D eigenvalue weighted by Crippen LogP contribution is -2.60. The van der Waals surface area contributed by atoms with E-state index in [1.165, 1.54) is 88.0 Å². The van der Waals surface area contributed by atoms with E-state index in [1.54, 1.807) is 0 Å². The summed E-state index contributed by atoms with van der Waals surface area (Å²) in [6, 6.07) is 73.1. The molecule has 5 heteroatoms. The Hall–Kier alpha value is -7.08. The third kappa shape index (κ3) is 7.94. The maximum atomic E-state index is 2.71. The normalized spacial score (nSPS) is 15.3. The molecule has 0 bridgehead atoms. The predicted molar refractivity (Wildman–Crippen MR) is 317 cm³/mol. The zero-order valence-corrected chi connectivity index (χ0v) is 45.0. The van der Waals surface area contributed by atoms with Gasteiger partial charge in [-0.1, -0.05) is 197 Å². The summed E-state index contributed by atoms with van der Waals surface area (Å²) in [5.41, 5.74) is 22.3. The van der Waals surface area contributed by atoms with Crippen LogP contribution < -0.4 is 30.4 Å². The maximum absolute atomic E-state index is 2.71. The minimum atomic E-state index is -0.0538. The third-order valence-electron chi connectivity index (χ3n) is 16.1. The summed E-state index contributed by atoms with van der Waals surface area (Å²) >= 11 is 2.09. The van der Waals surface area contributed by atoms with Gasteiger partial charge in [0.2, 0.25) is 0 Å². The first kappa shape index (κ1) is 47.0. The maximum Gasteiger partial charge on any atom is 0.264 e. The van der Waals surface area contributed by atoms with E-state index in [0.29, 0.717) is 0 Å². The quantitative estimate of drug-likeness (QED) is 0.147. The first-order valence-corrected chi connectivity index (χ1v) is 27.2. The van der Waals surface area contributed by atoms with E-state index < -0.39 is 0 Å². The molecule has 0 atom stereocenters. The van der Waals surface area contributed by atoms with Crippen LogP contribution in [0.15, 0.2) is 194 Å². The number of fused-ring (bicyclic) bond motifs is 6. The summed E-state index contributed by atoms with van der Waals surface area (Å²) in [7, 11) is 0. The zero-order valence-electron chi connectivity index (χ0n) is 44.2. The Labute approximate surface area is 438 Å². The van der Waals surface area contributed by atoms with Crippen molar-refractivity contribution in [1.29, 1.82) is 0 Å². The molecule has 0 radical (unpaired) electrons. The van der Waals surface area contributed by atoms with Gasteiger partial charge >= 0.3 is 0 Å². The summed E-state index contributed by atoms with van der Waals surface area (Å²) in [5, 5.41) is 0. The number of nitrogens with zero attached hydrogens (tertiary/aromatic N) is 3. The molecule has 9 aromatic rings. The Morgan fingerprint density at radius 2 is 0.986 bits per heavy atom. The third-order valence-corrected chi connectivity index (χ3v) is 17.7. The van der Waals surface area contributed by atoms with Gasteiger partial charge in [0.15, 0.2) is 0 Å². The highest BCUT2D eigenvalue weighted by atomic mass is 32.1. The smallest absolute Gasteiger partial charge is 0.264 e. The Balaban J connectivity index is 1.26. The molecule has 3 aliphatic rings. The van der Waals surface area contributed by atoms with Crippen molar-refractivity contribution in [3.63, 3.8) is 0 Å². The van der Waals surface area contributed by atoms with Crippen LogP contribution in [0.5, 0.6) is 0 Å². The molecule has 2 aliphatic heterocycles. The first-order chi connectivity index (χ1) is 35.0. The molecule has 362 valence electrons. The number of thiophene rings is 1. The van der Waals surface area contributed by atoms with Crippen molar-refractivity contribution in [2.75, 3.05) is 14.7 Å². The van der Waals surface area contributed by atoms with Crippen LogP contribution in [0.4, 0.5) is 51.2 Å². The monoisotopic (exact) mass is 968 g/mol. The van der Waals surface area contributed by atoms with Crippen molar-refractivity contribution in [3.05, 3.63) is 216 Å². The van der Waals surface area contributed by atoms with Crippen LogP contribution in [0.25, 0.3) is 22.3 Å². The van der Waals surface area contributed by atoms with Gasteiger partial charge in [-0.05, 0) is 146 Å². The number of rotatable bonds is 7. The van der Waals surface area contributed by atoms with Crippen LogP contribution in [-0.2, 0) is 21.7 Å². The first-order valence-electron chi connectivity index (χ1n) is 26.3. The van der Waals surface area contributed by atoms with Gasteiger partial charge in [0.1, 0.15) is 0 Å². The highest BCUT2D eigenvalue weighted by Crippen LogP contribution is 2.57. The second-order valence-electron chi connectivity index (χ2n) is 24.1. The van der Waals surface area contributed by atoms with Crippen LogP contribution in [0, 0.1) is 0 Å². The summed E-state index contributed by atoms with van der Waals surface area (Å²) in [4.78, 5) is 9.34. The van der Waals surface area contributed by atoms with Crippen molar-refractivity contribution in [1.82, 2.24) is 0 Å². The van der Waals surface area contributed by atoms with Crippen LogP contribution in [0.3, 0.4) is 0 Å². The van der Waals surface area contributed by atoms with E-state index in [2.05, 4.69) is 289 Å². The predicted octanol–water partition coefficient (Wildman–Crippen LogP) is 17.6. The number of para-hydroxylation sites is 2. The lowest BCUT2D eigenvalue weighted by molar-refractivity contribution is 0.339. The molecule has 3 heterocycles. The summed E-state index contributed by atoms with van der Waals surface area (Å²) in [6.07, 6.45) is 2.28. The van der Waals surface area contributed by atoms with Gasteiger partial charge in [0.25, 0.3) is 6.71 Å². The van der Waals surface area contributed by atoms with Gasteiger partial charge in [0, 0.05) is 49.3 Å². The van der Waals surface area contributed by atoms with Gasteiger partial charge in [-0.25, -0.2) is 0 Å². The number of hydrogen-bond donors (Lipinski definition) is 0. The van der Waals surface area contributed by atoms with Crippen molar-refractivity contribution < 1.29 is 0 Å². The Kier molecular flexibility index (Phi) is 11.1. The van der Waals surface area contributed by atoms with E-state index in [0.717, 1.165) is 35.6 Å². The molecule has 1 aromatic heterocycles. The van der Waals surface area contributed by atoms with Gasteiger partial charge in [0.05, 0.1) is 17.1 Å². The number of benzene rings is 8. The van der Waals surface area contributed by atoms with Gasteiger partial charge in [-0.15, -0.1) is 0 Å². The van der Waals surface area contributed by atoms with Crippen molar-refractivity contribution in [3.8, 4) is 22.3 Å². The molecule has 0 unspecified atom stereocenters. The van der Waals surface area contributed by atoms with Crippen molar-refractivity contribution in [2.45, 2.75) is 104 Å². The summed E-state index contributed by atoms with van der Waals surface area (Å²) in [6.45, 7) is 23.9. The zero-order chi connectivity index (χ0) is 50.6. The minimum Gasteiger partial charge on any atom is -0.311 e. The minimum absolute atomic E-state index is 0.00880. The van der Waals surface area contributed by atoms with E-state index >= 15 is 0 Å². The molecule has 0 N–H and O–H groups in total. The second-order valence-corrected chi connectivity index (χ2v) is 25.1. The lowest BCUT2D eigenvalue weighted by Gasteiger charge is -2.46. The Morgan fingerprint density at radius 1 is 0.466 bits per heavy atom. The molecule has 0 fully saturated rings. The molecule has 1 aliphatic carbocycles. The van der Waals surface area contributed by atoms with E-state index in [1.807, 2.05) is 0 Å². The molecule has 0 saturated heterocycles. The molecular formula is C68H66BN3S. The fraction of sp³-hybridized carbons (Fsp3) is 0.235. The Bertz CT molecular complexity index is 3490. The topological polar surface area (TPSA) is 9.72 Å². The molecule has 8 aromatic carbocycles. The molecule has 3 nitrogen and oxygen atoms in total. The molecule has 73 heavy (non-hydrogen) atoms. The highest BCUT2D eigenvalue weighted by molar-refractivity contribution is 7.29. The lowest BCUT2D eigenvalue weighted by atomic mass is 9.36. The van der Waals surface area contributed by atoms with Crippen LogP contribution in [0.1, 0.15) is 104 Å². The molecular weight excluding hydrogens is 902 g/mol. The summed E-state index contributed by atoms with van der Waals surface area (Å²) in [5.74, 6) is 0. The fourth-order valence-electron chi connectivity index (χ4n) is 12.0. The fourth-order valence-corrected chi connectivity index (χ4v) is 13.7. The van der Waals surface area contributed by atoms with Gasteiger partial charge in [-0.2, -0.15) is 11.3 Å². The number of hydrogen-bond acceptors (Lipinski definition) is 4. The molecule has 0 saturated carbocycles. The largest absolute Gasteiger partial charge is 0.311 e. The SMILES string of the molecule is CC(C)(C)c1ccc(N2c3cc(N(c4ccccc4)c4ccccc4)cc4c3B(c3cc(-c5ccccc5)ccc3N4c3ccc(C(C)(C)C)cc3-c3ccccc3)c3sc4c(c32)C(C)(C)CCC4(C)C)cc1. The van der Waals surface area contributed by atoms with E-state index in [9.17, 15) is 0 Å². The van der Waals surface area contributed by atoms with Gasteiger partial charge in [-0.3, -0.25) is 0 Å². The standard InChI is InChI=1S/C68H66BN3S/c1-65(2,3)48-32-35-52(36-33-48)71-58-43-53(70(50-27-19-13-20-28-50)51-29-21-14-22-30-51)44-59-61(58)69(64-62(71)60-63(73-64)68(9,10)40-39-67(60,7)8)55-41-47(45-23-15-11-16-24-45)31-37-57(55)72(59)56-38-34-49(66(4,5)6)42-54(56)46-25-17-12-18-26-46/h11-38,41-44H,39-40H2,1-10H3. The average molecular weight is 968 g/mol. The highest BCUT2D eigenvalue weighted by Gasteiger charge is 2.51. The second kappa shape index (κ2) is 17.3. The van der Waals surface area contributed by atoms with E-state index in [4.69, 9.17) is 0 Å². The molecule has 0 spiro atoms. The number of anilines is 9.